The van der Waals surface area contributed by atoms with E-state index in [1.165, 1.54) is 4.90 Å². The van der Waals surface area contributed by atoms with Gasteiger partial charge in [0.25, 0.3) is 0 Å². The minimum absolute atomic E-state index is 0.0972. The molecule has 328 valence electrons. The first-order chi connectivity index (χ1) is 29.5. The summed E-state index contributed by atoms with van der Waals surface area (Å²) in [5, 5.41) is 15.5. The third-order valence-corrected chi connectivity index (χ3v) is 12.1. The van der Waals surface area contributed by atoms with E-state index >= 15 is 0 Å². The SMILES string of the molecule is NC(N)=NCCC[C@@H]1NC(=O)[C@H](Cc2c[nH]c3ccccc23)NC(=O)[C@@H](CC2CCCCC2)NC(=O)[C@@H]2CCCN2C(=O)[C@@H](NC(=O)[C@@H](N)c2ccccc2)CCCNC1=O. The molecule has 0 radical (unpaired) electrons. The maximum absolute atomic E-state index is 14.5. The van der Waals surface area contributed by atoms with Crippen molar-refractivity contribution in [2.45, 2.75) is 120 Å². The zero-order valence-electron chi connectivity index (χ0n) is 34.7. The fraction of sp³-hybridized carbons (Fsp3) is 0.523. The second kappa shape index (κ2) is 21.5. The Hall–Kier alpha value is -5.97. The van der Waals surface area contributed by atoms with Gasteiger partial charge in [0.2, 0.25) is 35.4 Å². The Balaban J connectivity index is 1.31. The van der Waals surface area contributed by atoms with Gasteiger partial charge in [0, 0.05) is 43.2 Å². The summed E-state index contributed by atoms with van der Waals surface area (Å²) in [6.45, 7) is 0.594. The number of rotatable bonds is 11. The van der Waals surface area contributed by atoms with Crippen molar-refractivity contribution in [3.05, 3.63) is 71.9 Å². The lowest BCUT2D eigenvalue weighted by molar-refractivity contribution is -0.142. The third kappa shape index (κ3) is 12.1. The van der Waals surface area contributed by atoms with Gasteiger partial charge in [-0.3, -0.25) is 33.8 Å². The van der Waals surface area contributed by atoms with Crippen LogP contribution in [0.4, 0.5) is 0 Å². The van der Waals surface area contributed by atoms with Gasteiger partial charge in [-0.2, -0.15) is 0 Å². The molecule has 1 aromatic heterocycles. The second-order valence-electron chi connectivity index (χ2n) is 16.5. The normalized spacial score (nSPS) is 24.3. The number of H-pyrrole nitrogens is 1. The summed E-state index contributed by atoms with van der Waals surface area (Å²) in [5.74, 6) is -3.01. The molecule has 3 heterocycles. The molecule has 17 heteroatoms. The van der Waals surface area contributed by atoms with Crippen LogP contribution >= 0.6 is 0 Å². The van der Waals surface area contributed by atoms with Crippen molar-refractivity contribution in [3.63, 3.8) is 0 Å². The van der Waals surface area contributed by atoms with Gasteiger partial charge in [0.15, 0.2) is 5.96 Å². The highest BCUT2D eigenvalue weighted by atomic mass is 16.2. The third-order valence-electron chi connectivity index (χ3n) is 12.1. The number of nitrogens with zero attached hydrogens (tertiary/aromatic N) is 2. The average Bonchev–Trinajstić information content (AvgIpc) is 3.93. The van der Waals surface area contributed by atoms with Gasteiger partial charge in [0.05, 0.1) is 0 Å². The maximum atomic E-state index is 14.5. The van der Waals surface area contributed by atoms with Gasteiger partial charge >= 0.3 is 0 Å². The van der Waals surface area contributed by atoms with Gasteiger partial charge in [-0.15, -0.1) is 0 Å². The quantitative estimate of drug-likeness (QED) is 0.0764. The molecule has 3 aliphatic rings. The Bertz CT molecular complexity index is 2030. The second-order valence-corrected chi connectivity index (χ2v) is 16.5. The van der Waals surface area contributed by atoms with Gasteiger partial charge in [-0.1, -0.05) is 80.6 Å². The number of hydrogen-bond donors (Lipinski definition) is 9. The summed E-state index contributed by atoms with van der Waals surface area (Å²) >= 11 is 0. The highest BCUT2D eigenvalue weighted by Crippen LogP contribution is 2.28. The molecule has 2 aromatic carbocycles. The monoisotopic (exact) mass is 839 g/mol. The molecule has 12 N–H and O–H groups in total. The first-order valence-electron chi connectivity index (χ1n) is 21.7. The predicted octanol–water partition coefficient (Wildman–Crippen LogP) is 1.27. The van der Waals surface area contributed by atoms with E-state index in [1.807, 2.05) is 30.3 Å². The fourth-order valence-electron chi connectivity index (χ4n) is 8.78. The van der Waals surface area contributed by atoms with Crippen LogP contribution in [-0.4, -0.2) is 101 Å². The van der Waals surface area contributed by atoms with Gasteiger partial charge < -0.3 is 53.7 Å². The van der Waals surface area contributed by atoms with Crippen LogP contribution in [0.15, 0.2) is 65.8 Å². The molecule has 2 saturated heterocycles. The number of carbonyl (C=O) groups excluding carboxylic acids is 6. The lowest BCUT2D eigenvalue weighted by Gasteiger charge is -2.32. The van der Waals surface area contributed by atoms with E-state index in [2.05, 4.69) is 36.6 Å². The predicted molar refractivity (Wildman–Crippen MR) is 231 cm³/mol. The van der Waals surface area contributed by atoms with E-state index in [0.29, 0.717) is 31.2 Å². The van der Waals surface area contributed by atoms with E-state index < -0.39 is 71.7 Å². The zero-order valence-corrected chi connectivity index (χ0v) is 34.7. The number of aliphatic imine (C=N–C) groups is 1. The number of benzene rings is 2. The first-order valence-corrected chi connectivity index (χ1v) is 21.7. The van der Waals surface area contributed by atoms with Gasteiger partial charge in [0.1, 0.15) is 36.3 Å². The molecular weight excluding hydrogens is 779 g/mol. The maximum Gasteiger partial charge on any atom is 0.245 e. The van der Waals surface area contributed by atoms with Crippen LogP contribution in [0.1, 0.15) is 94.2 Å². The van der Waals surface area contributed by atoms with Crippen LogP contribution in [0.25, 0.3) is 10.9 Å². The van der Waals surface area contributed by atoms with Crippen molar-refractivity contribution < 1.29 is 28.8 Å². The van der Waals surface area contributed by atoms with E-state index in [9.17, 15) is 28.8 Å². The van der Waals surface area contributed by atoms with E-state index in [4.69, 9.17) is 17.2 Å². The molecule has 0 spiro atoms. The molecule has 1 saturated carbocycles. The Morgan fingerprint density at radius 2 is 1.49 bits per heavy atom. The summed E-state index contributed by atoms with van der Waals surface area (Å²) in [7, 11) is 0. The van der Waals surface area contributed by atoms with Crippen molar-refractivity contribution in [1.82, 2.24) is 36.5 Å². The number of aromatic amines is 1. The Kier molecular flexibility index (Phi) is 15.7. The van der Waals surface area contributed by atoms with Crippen LogP contribution < -0.4 is 43.8 Å². The summed E-state index contributed by atoms with van der Waals surface area (Å²) < 4.78 is 0. The molecule has 2 aliphatic heterocycles. The molecule has 61 heavy (non-hydrogen) atoms. The zero-order chi connectivity index (χ0) is 43.3. The minimum atomic E-state index is -1.12. The van der Waals surface area contributed by atoms with Crippen molar-refractivity contribution in [2.24, 2.45) is 28.1 Å². The number of carbonyl (C=O) groups is 6. The molecule has 3 fully saturated rings. The van der Waals surface area contributed by atoms with Gasteiger partial charge in [-0.25, -0.2) is 0 Å². The number of guanidine groups is 1. The lowest BCUT2D eigenvalue weighted by atomic mass is 9.84. The number of para-hydroxylation sites is 1. The van der Waals surface area contributed by atoms with Crippen molar-refractivity contribution >= 4 is 52.3 Å². The Morgan fingerprint density at radius 3 is 2.26 bits per heavy atom. The number of hydrogen-bond acceptors (Lipinski definition) is 8. The minimum Gasteiger partial charge on any atom is -0.370 e. The Labute approximate surface area is 356 Å². The molecule has 0 bridgehead atoms. The standard InChI is InChI=1S/C44H61N11O6/c45-37(28-14-5-2-6-15-28)42(60)52-33-19-10-21-48-38(56)32(18-9-22-49-44(46)47)51-40(58)35(25-29-26-50-31-17-8-7-16-30(29)31)53-39(57)34(24-27-12-3-1-4-13-27)54-41(59)36-20-11-23-55(36)43(33)61/h2,5-8,14-17,26-27,32-37,50H,1,3-4,9-13,18-25,45H2,(H,48,56)(H,51,58)(H,52,60)(H,53,57)(H,54,59)(H4,46,47,49)/t32-,33-,34+,35-,36-,37-/m0/s1. The van der Waals surface area contributed by atoms with Crippen molar-refractivity contribution in [1.29, 1.82) is 0 Å². The molecule has 1 aliphatic carbocycles. The topological polar surface area (TPSA) is 272 Å². The number of amides is 6. The Morgan fingerprint density at radius 1 is 0.787 bits per heavy atom. The highest BCUT2D eigenvalue weighted by Gasteiger charge is 2.40. The fourth-order valence-corrected chi connectivity index (χ4v) is 8.78. The molecule has 17 nitrogen and oxygen atoms in total. The molecule has 3 aromatic rings. The average molecular weight is 840 g/mol. The van der Waals surface area contributed by atoms with Crippen LogP contribution in [0.3, 0.4) is 0 Å². The number of aromatic nitrogens is 1. The summed E-state index contributed by atoms with van der Waals surface area (Å²) in [5.41, 5.74) is 19.6. The molecular formula is C44H61N11O6. The van der Waals surface area contributed by atoms with E-state index in [0.717, 1.165) is 48.6 Å². The van der Waals surface area contributed by atoms with E-state index in [1.54, 1.807) is 30.5 Å². The molecule has 6 rings (SSSR count). The number of nitrogens with two attached hydrogens (primary N) is 3. The lowest BCUT2D eigenvalue weighted by Crippen LogP contribution is -2.60. The number of nitrogens with one attached hydrogen (secondary N) is 6. The molecule has 6 atom stereocenters. The van der Waals surface area contributed by atoms with Gasteiger partial charge in [-0.05, 0) is 68.1 Å². The smallest absolute Gasteiger partial charge is 0.245 e. The van der Waals surface area contributed by atoms with Crippen molar-refractivity contribution in [2.75, 3.05) is 19.6 Å². The van der Waals surface area contributed by atoms with Crippen LogP contribution in [-0.2, 0) is 35.2 Å². The molecule has 0 unspecified atom stereocenters. The summed E-state index contributed by atoms with van der Waals surface area (Å²) in [6.07, 6.45) is 9.00. The molecule has 6 amide bonds. The number of fused-ring (bicyclic) bond motifs is 2. The highest BCUT2D eigenvalue weighted by molar-refractivity contribution is 5.97. The van der Waals surface area contributed by atoms with Crippen LogP contribution in [0, 0.1) is 5.92 Å². The van der Waals surface area contributed by atoms with E-state index in [-0.39, 0.29) is 57.2 Å². The first kappa shape index (κ1) is 44.6. The largest absolute Gasteiger partial charge is 0.370 e. The summed E-state index contributed by atoms with van der Waals surface area (Å²) in [6, 6.07) is 10.2. The van der Waals surface area contributed by atoms with Crippen LogP contribution in [0.5, 0.6) is 0 Å². The van der Waals surface area contributed by atoms with Crippen LogP contribution in [0.2, 0.25) is 0 Å². The summed E-state index contributed by atoms with van der Waals surface area (Å²) in [4.78, 5) is 93.8. The van der Waals surface area contributed by atoms with Crippen molar-refractivity contribution in [3.8, 4) is 0 Å².